The molecule has 0 N–H and O–H groups in total. The fourth-order valence-corrected chi connectivity index (χ4v) is 4.64. The van der Waals surface area contributed by atoms with Crippen molar-refractivity contribution in [3.05, 3.63) is 46.9 Å². The number of aromatic nitrogens is 1. The molecule has 0 aliphatic carbocycles. The van der Waals surface area contributed by atoms with Crippen LogP contribution in [0.15, 0.2) is 22.6 Å². The number of morpholine rings is 1. The molecule has 1 amide bonds. The third-order valence-electron chi connectivity index (χ3n) is 5.11. The number of carbonyl (C=O) groups excluding carboxylic acids is 1. The van der Waals surface area contributed by atoms with Crippen LogP contribution in [-0.4, -0.2) is 55.2 Å². The van der Waals surface area contributed by atoms with Gasteiger partial charge in [-0.1, -0.05) is 11.3 Å². The van der Waals surface area contributed by atoms with Gasteiger partial charge in [-0.2, -0.15) is 0 Å². The minimum Gasteiger partial charge on any atom is -0.466 e. The first-order valence-electron chi connectivity index (χ1n) is 9.87. The Balaban J connectivity index is 0.00000272. The molecule has 31 heavy (non-hydrogen) atoms. The lowest BCUT2D eigenvalue weighted by atomic mass is 10.2. The highest BCUT2D eigenvalue weighted by molar-refractivity contribution is 7.22. The summed E-state index contributed by atoms with van der Waals surface area (Å²) in [6, 6.07) is 3.74. The lowest BCUT2D eigenvalue weighted by Gasteiger charge is -2.27. The van der Waals surface area contributed by atoms with Crippen LogP contribution in [0.3, 0.4) is 0 Å². The van der Waals surface area contributed by atoms with Crippen LogP contribution in [0.4, 0.5) is 13.9 Å². The molecule has 0 bridgehead atoms. The molecule has 0 spiro atoms. The van der Waals surface area contributed by atoms with Crippen LogP contribution in [0.1, 0.15) is 28.3 Å². The van der Waals surface area contributed by atoms with Gasteiger partial charge in [-0.05, 0) is 32.4 Å². The normalized spacial score (nSPS) is 14.6. The number of thiazole rings is 1. The van der Waals surface area contributed by atoms with Crippen molar-refractivity contribution in [2.75, 3.05) is 44.3 Å². The third kappa shape index (κ3) is 5.23. The van der Waals surface area contributed by atoms with Crippen molar-refractivity contribution in [2.45, 2.75) is 20.3 Å². The molecule has 1 aliphatic rings. The van der Waals surface area contributed by atoms with Crippen molar-refractivity contribution in [1.82, 2.24) is 9.88 Å². The Morgan fingerprint density at radius 2 is 1.97 bits per heavy atom. The second-order valence-corrected chi connectivity index (χ2v) is 8.33. The summed E-state index contributed by atoms with van der Waals surface area (Å²) in [4.78, 5) is 21.5. The molecule has 1 fully saturated rings. The molecule has 4 rings (SSSR count). The lowest BCUT2D eigenvalue weighted by Crippen LogP contribution is -2.39. The van der Waals surface area contributed by atoms with Crippen LogP contribution in [0, 0.1) is 25.5 Å². The number of halogens is 3. The zero-order valence-corrected chi connectivity index (χ0v) is 19.0. The Morgan fingerprint density at radius 3 is 2.65 bits per heavy atom. The Bertz CT molecular complexity index is 1070. The molecule has 3 aromatic rings. The van der Waals surface area contributed by atoms with Crippen LogP contribution in [0.5, 0.6) is 0 Å². The van der Waals surface area contributed by atoms with E-state index in [1.807, 2.05) is 0 Å². The lowest BCUT2D eigenvalue weighted by molar-refractivity contribution is 0.0376. The van der Waals surface area contributed by atoms with Crippen molar-refractivity contribution < 1.29 is 22.7 Å². The van der Waals surface area contributed by atoms with Crippen LogP contribution < -0.4 is 4.90 Å². The predicted octanol–water partition coefficient (Wildman–Crippen LogP) is 4.58. The Morgan fingerprint density at radius 1 is 1.23 bits per heavy atom. The van der Waals surface area contributed by atoms with Crippen LogP contribution in [0.25, 0.3) is 10.2 Å². The van der Waals surface area contributed by atoms with Crippen LogP contribution >= 0.6 is 23.7 Å². The first-order valence-corrected chi connectivity index (χ1v) is 10.7. The maximum atomic E-state index is 14.2. The molecule has 1 saturated heterocycles. The van der Waals surface area contributed by atoms with Gasteiger partial charge >= 0.3 is 0 Å². The summed E-state index contributed by atoms with van der Waals surface area (Å²) in [5, 5.41) is 0.347. The van der Waals surface area contributed by atoms with Gasteiger partial charge in [0.2, 0.25) is 0 Å². The van der Waals surface area contributed by atoms with E-state index in [0.29, 0.717) is 53.1 Å². The quantitative estimate of drug-likeness (QED) is 0.527. The smallest absolute Gasteiger partial charge is 0.263 e. The van der Waals surface area contributed by atoms with E-state index in [9.17, 15) is 13.6 Å². The van der Waals surface area contributed by atoms with Gasteiger partial charge in [0, 0.05) is 32.2 Å². The molecule has 0 atom stereocenters. The maximum Gasteiger partial charge on any atom is 0.263 e. The molecule has 0 radical (unpaired) electrons. The summed E-state index contributed by atoms with van der Waals surface area (Å²) in [6.45, 7) is 7.87. The maximum absolute atomic E-state index is 14.2. The molecule has 0 unspecified atom stereocenters. The highest BCUT2D eigenvalue weighted by atomic mass is 35.5. The highest BCUT2D eigenvalue weighted by Crippen LogP contribution is 2.32. The summed E-state index contributed by atoms with van der Waals surface area (Å²) in [5.41, 5.74) is 0.521. The number of carbonyl (C=O) groups is 1. The average Bonchev–Trinajstić information content (AvgIpc) is 3.28. The summed E-state index contributed by atoms with van der Waals surface area (Å²) in [7, 11) is 0. The number of rotatable bonds is 6. The fourth-order valence-electron chi connectivity index (χ4n) is 3.61. The molecule has 2 aromatic heterocycles. The standard InChI is InChI=1S/C21H23F2N3O3S.ClH/c1-13-10-16(14(2)29-13)20(27)26(5-3-4-25-6-8-28-9-7-25)21-24-19-17(23)11-15(22)12-18(19)30-21;/h10-12H,3-9H2,1-2H3;1H. The summed E-state index contributed by atoms with van der Waals surface area (Å²) in [5.74, 6) is -0.493. The Labute approximate surface area is 189 Å². The third-order valence-corrected chi connectivity index (χ3v) is 6.13. The van der Waals surface area contributed by atoms with Crippen LogP contribution in [0.2, 0.25) is 0 Å². The monoisotopic (exact) mass is 471 g/mol. The van der Waals surface area contributed by atoms with Crippen LogP contribution in [-0.2, 0) is 4.74 Å². The van der Waals surface area contributed by atoms with E-state index in [1.165, 1.54) is 6.07 Å². The number of furan rings is 1. The zero-order chi connectivity index (χ0) is 21.3. The number of amides is 1. The van der Waals surface area contributed by atoms with E-state index in [2.05, 4.69) is 9.88 Å². The van der Waals surface area contributed by atoms with E-state index in [4.69, 9.17) is 9.15 Å². The van der Waals surface area contributed by atoms with Gasteiger partial charge in [0.15, 0.2) is 10.9 Å². The molecule has 0 saturated carbocycles. The van der Waals surface area contributed by atoms with Gasteiger partial charge in [-0.15, -0.1) is 12.4 Å². The Hall–Kier alpha value is -2.07. The topological polar surface area (TPSA) is 58.8 Å². The van der Waals surface area contributed by atoms with Crippen molar-refractivity contribution in [3.8, 4) is 0 Å². The molecule has 1 aliphatic heterocycles. The number of aryl methyl sites for hydroxylation is 2. The predicted molar refractivity (Wildman–Crippen MR) is 119 cm³/mol. The van der Waals surface area contributed by atoms with Crippen molar-refractivity contribution in [2.24, 2.45) is 0 Å². The van der Waals surface area contributed by atoms with Crippen molar-refractivity contribution >= 4 is 45.0 Å². The van der Waals surface area contributed by atoms with Gasteiger partial charge in [-0.3, -0.25) is 14.6 Å². The van der Waals surface area contributed by atoms with Crippen molar-refractivity contribution in [1.29, 1.82) is 0 Å². The molecule has 3 heterocycles. The second kappa shape index (κ2) is 10.0. The number of benzene rings is 1. The molecular weight excluding hydrogens is 448 g/mol. The largest absolute Gasteiger partial charge is 0.466 e. The van der Waals surface area contributed by atoms with Gasteiger partial charge in [0.05, 0.1) is 23.5 Å². The average molecular weight is 472 g/mol. The number of nitrogens with zero attached hydrogens (tertiary/aromatic N) is 3. The summed E-state index contributed by atoms with van der Waals surface area (Å²) < 4.78 is 39.1. The zero-order valence-electron chi connectivity index (χ0n) is 17.3. The van der Waals surface area contributed by atoms with E-state index in [-0.39, 0.29) is 23.8 Å². The molecular formula is C21H24ClF2N3O3S. The number of fused-ring (bicyclic) bond motifs is 1. The first kappa shape index (κ1) is 23.6. The van der Waals surface area contributed by atoms with E-state index in [1.54, 1.807) is 24.8 Å². The van der Waals surface area contributed by atoms with Gasteiger partial charge < -0.3 is 9.15 Å². The van der Waals surface area contributed by atoms with Gasteiger partial charge in [-0.25, -0.2) is 13.8 Å². The fraction of sp³-hybridized carbons (Fsp3) is 0.429. The van der Waals surface area contributed by atoms with Gasteiger partial charge in [0.1, 0.15) is 22.9 Å². The van der Waals surface area contributed by atoms with E-state index >= 15 is 0 Å². The first-order chi connectivity index (χ1) is 14.4. The summed E-state index contributed by atoms with van der Waals surface area (Å²) >= 11 is 1.11. The minimum absolute atomic E-state index is 0. The Kier molecular flexibility index (Phi) is 7.64. The van der Waals surface area contributed by atoms with E-state index < -0.39 is 11.6 Å². The molecule has 1 aromatic carbocycles. The minimum atomic E-state index is -0.733. The summed E-state index contributed by atoms with van der Waals surface area (Å²) in [6.07, 6.45) is 0.717. The number of hydrogen-bond donors (Lipinski definition) is 0. The number of hydrogen-bond acceptors (Lipinski definition) is 6. The highest BCUT2D eigenvalue weighted by Gasteiger charge is 2.25. The molecule has 6 nitrogen and oxygen atoms in total. The van der Waals surface area contributed by atoms with Gasteiger partial charge in [0.25, 0.3) is 5.91 Å². The van der Waals surface area contributed by atoms with E-state index in [0.717, 1.165) is 37.0 Å². The SMILES string of the molecule is Cc1cc(C(=O)N(CCCN2CCOCC2)c2nc3c(F)cc(F)cc3s2)c(C)o1.Cl. The molecule has 168 valence electrons. The number of anilines is 1. The van der Waals surface area contributed by atoms with Crippen molar-refractivity contribution in [3.63, 3.8) is 0 Å². The molecule has 10 heteroatoms. The second-order valence-electron chi connectivity index (χ2n) is 7.32. The number of ether oxygens (including phenoxy) is 1.